The third kappa shape index (κ3) is 4.20. The molecule has 0 fully saturated rings. The van der Waals surface area contributed by atoms with Gasteiger partial charge in [0.2, 0.25) is 5.54 Å². The first-order valence-corrected chi connectivity index (χ1v) is 5.87. The first-order valence-electron chi connectivity index (χ1n) is 5.87. The number of ketones is 1. The fraction of sp³-hybridized carbons (Fsp3) is 0.750. The van der Waals surface area contributed by atoms with E-state index >= 15 is 0 Å². The van der Waals surface area contributed by atoms with E-state index in [-0.39, 0.29) is 11.7 Å². The van der Waals surface area contributed by atoms with Crippen LogP contribution in [0, 0.1) is 0 Å². The van der Waals surface area contributed by atoms with Crippen molar-refractivity contribution < 1.29 is 29.1 Å². The molecule has 0 saturated heterocycles. The number of rotatable bonds is 4. The zero-order valence-corrected chi connectivity index (χ0v) is 12.1. The van der Waals surface area contributed by atoms with Crippen LogP contribution in [0.15, 0.2) is 0 Å². The van der Waals surface area contributed by atoms with Crippen molar-refractivity contribution in [2.75, 3.05) is 6.61 Å². The van der Waals surface area contributed by atoms with E-state index in [1.807, 2.05) is 0 Å². The second-order valence-electron chi connectivity index (χ2n) is 5.14. The van der Waals surface area contributed by atoms with Gasteiger partial charge in [-0.2, -0.15) is 5.06 Å². The van der Waals surface area contributed by atoms with Gasteiger partial charge in [-0.1, -0.05) is 0 Å². The molecule has 0 spiro atoms. The number of hydrogen-bond acceptors (Lipinski definition) is 6. The second-order valence-corrected chi connectivity index (χ2v) is 5.14. The van der Waals surface area contributed by atoms with Crippen molar-refractivity contribution in [1.29, 1.82) is 0 Å². The molecule has 7 nitrogen and oxygen atoms in total. The molecule has 0 heterocycles. The summed E-state index contributed by atoms with van der Waals surface area (Å²) in [5.74, 6) is -1.75. The van der Waals surface area contributed by atoms with Gasteiger partial charge in [-0.05, 0) is 41.5 Å². The van der Waals surface area contributed by atoms with Crippen molar-refractivity contribution in [2.45, 2.75) is 52.7 Å². The summed E-state index contributed by atoms with van der Waals surface area (Å²) in [6, 6.07) is 0. The van der Waals surface area contributed by atoms with Gasteiger partial charge in [0.15, 0.2) is 5.78 Å². The molecular weight excluding hydrogens is 254 g/mol. The van der Waals surface area contributed by atoms with Gasteiger partial charge in [0, 0.05) is 0 Å². The third-order valence-electron chi connectivity index (χ3n) is 2.35. The highest BCUT2D eigenvalue weighted by Crippen LogP contribution is 2.20. The molecule has 19 heavy (non-hydrogen) atoms. The van der Waals surface area contributed by atoms with Crippen molar-refractivity contribution in [3.8, 4) is 0 Å². The highest BCUT2D eigenvalue weighted by atomic mass is 16.6. The molecule has 0 aromatic carbocycles. The molecule has 0 aromatic heterocycles. The molecule has 0 bridgehead atoms. The lowest BCUT2D eigenvalue weighted by molar-refractivity contribution is -0.190. The molecule has 1 amide bonds. The minimum atomic E-state index is -2.13. The Morgan fingerprint density at radius 2 is 1.63 bits per heavy atom. The van der Waals surface area contributed by atoms with Crippen molar-refractivity contribution in [3.63, 3.8) is 0 Å². The monoisotopic (exact) mass is 275 g/mol. The number of Topliss-reactive ketones (excluding diaryl/α,β-unsaturated/α-hetero) is 1. The van der Waals surface area contributed by atoms with E-state index in [9.17, 15) is 19.6 Å². The van der Waals surface area contributed by atoms with E-state index in [0.29, 0.717) is 0 Å². The second kappa shape index (κ2) is 6.01. The summed E-state index contributed by atoms with van der Waals surface area (Å²) in [4.78, 5) is 35.1. The Bertz CT molecular complexity index is 373. The largest absolute Gasteiger partial charge is 0.464 e. The first kappa shape index (κ1) is 17.4. The minimum Gasteiger partial charge on any atom is -0.464 e. The topological polar surface area (TPSA) is 93.1 Å². The molecule has 0 unspecified atom stereocenters. The average Bonchev–Trinajstić information content (AvgIpc) is 2.24. The van der Waals surface area contributed by atoms with E-state index in [0.717, 1.165) is 13.8 Å². The van der Waals surface area contributed by atoms with Crippen molar-refractivity contribution >= 4 is 17.8 Å². The van der Waals surface area contributed by atoms with Crippen LogP contribution in [0.4, 0.5) is 4.79 Å². The van der Waals surface area contributed by atoms with E-state index in [2.05, 4.69) is 0 Å². The summed E-state index contributed by atoms with van der Waals surface area (Å²) < 4.78 is 9.60. The first-order chi connectivity index (χ1) is 8.46. The minimum absolute atomic E-state index is 0.0177. The summed E-state index contributed by atoms with van der Waals surface area (Å²) in [6.07, 6.45) is -1.20. The zero-order chi connectivity index (χ0) is 15.4. The predicted octanol–water partition coefficient (Wildman–Crippen LogP) is 1.52. The molecule has 7 heteroatoms. The number of esters is 1. The van der Waals surface area contributed by atoms with Crippen LogP contribution in [0.1, 0.15) is 41.5 Å². The van der Waals surface area contributed by atoms with Gasteiger partial charge >= 0.3 is 12.1 Å². The van der Waals surface area contributed by atoms with E-state index in [4.69, 9.17) is 9.47 Å². The van der Waals surface area contributed by atoms with Crippen molar-refractivity contribution in [3.05, 3.63) is 0 Å². The molecular formula is C12H21NO6. The Hall–Kier alpha value is -1.63. The quantitative estimate of drug-likeness (QED) is 0.362. The van der Waals surface area contributed by atoms with Crippen LogP contribution < -0.4 is 0 Å². The Labute approximate surface area is 112 Å². The summed E-state index contributed by atoms with van der Waals surface area (Å²) >= 11 is 0. The number of hydrogen-bond donors (Lipinski definition) is 1. The molecule has 0 aliphatic carbocycles. The predicted molar refractivity (Wildman–Crippen MR) is 65.6 cm³/mol. The Morgan fingerprint density at radius 3 is 1.95 bits per heavy atom. The number of nitrogens with zero attached hydrogens (tertiary/aromatic N) is 1. The van der Waals surface area contributed by atoms with E-state index in [1.165, 1.54) is 0 Å². The van der Waals surface area contributed by atoms with Gasteiger partial charge in [-0.15, -0.1) is 0 Å². The zero-order valence-electron chi connectivity index (χ0n) is 12.1. The summed E-state index contributed by atoms with van der Waals surface area (Å²) in [6.45, 7) is 8.51. The third-order valence-corrected chi connectivity index (χ3v) is 2.35. The molecule has 0 rings (SSSR count). The SMILES string of the molecule is CCOC(=O)[C@@](C)(C(C)=O)N(O)C(=O)OC(C)(C)C. The van der Waals surface area contributed by atoms with Crippen LogP contribution in [0.2, 0.25) is 0 Å². The van der Waals surface area contributed by atoms with E-state index in [1.54, 1.807) is 27.7 Å². The maximum absolute atomic E-state index is 11.8. The van der Waals surface area contributed by atoms with Crippen molar-refractivity contribution in [2.24, 2.45) is 0 Å². The van der Waals surface area contributed by atoms with Crippen LogP contribution in [-0.4, -0.2) is 45.9 Å². The van der Waals surface area contributed by atoms with Gasteiger partial charge in [-0.3, -0.25) is 10.0 Å². The fourth-order valence-corrected chi connectivity index (χ4v) is 1.14. The molecule has 1 N–H and O–H groups in total. The standard InChI is InChI=1S/C12H21NO6/c1-7-18-9(15)12(6,8(2)14)13(17)10(16)19-11(3,4)5/h17H,7H2,1-6H3/t12-/m1/s1. The van der Waals surface area contributed by atoms with Gasteiger partial charge in [-0.25, -0.2) is 9.59 Å². The average molecular weight is 275 g/mol. The van der Waals surface area contributed by atoms with Crippen LogP contribution >= 0.6 is 0 Å². The van der Waals surface area contributed by atoms with Gasteiger partial charge in [0.25, 0.3) is 0 Å². The number of carbonyl (C=O) groups is 3. The summed E-state index contributed by atoms with van der Waals surface area (Å²) in [7, 11) is 0. The van der Waals surface area contributed by atoms with Gasteiger partial charge < -0.3 is 9.47 Å². The van der Waals surface area contributed by atoms with Crippen LogP contribution in [0.25, 0.3) is 0 Å². The molecule has 0 aromatic rings. The number of amides is 1. The number of carbonyl (C=O) groups excluding carboxylic acids is 3. The lowest BCUT2D eigenvalue weighted by atomic mass is 9.97. The highest BCUT2D eigenvalue weighted by Gasteiger charge is 2.49. The lowest BCUT2D eigenvalue weighted by Crippen LogP contribution is -2.59. The molecule has 0 radical (unpaired) electrons. The Morgan fingerprint density at radius 1 is 1.16 bits per heavy atom. The molecule has 0 aliphatic rings. The molecule has 0 saturated carbocycles. The Kier molecular flexibility index (Phi) is 5.49. The Balaban J connectivity index is 5.25. The molecule has 0 aliphatic heterocycles. The highest BCUT2D eigenvalue weighted by molar-refractivity contribution is 6.08. The van der Waals surface area contributed by atoms with Crippen molar-refractivity contribution in [1.82, 2.24) is 5.06 Å². The summed E-state index contributed by atoms with van der Waals surface area (Å²) in [5, 5.41) is 9.78. The smallest absolute Gasteiger partial charge is 0.435 e. The van der Waals surface area contributed by atoms with E-state index < -0.39 is 29.0 Å². The van der Waals surface area contributed by atoms with Crippen LogP contribution in [0.5, 0.6) is 0 Å². The lowest BCUT2D eigenvalue weighted by Gasteiger charge is -2.33. The van der Waals surface area contributed by atoms with Gasteiger partial charge in [0.05, 0.1) is 6.61 Å². The maximum Gasteiger partial charge on any atom is 0.435 e. The number of hydroxylamine groups is 2. The molecule has 110 valence electrons. The number of ether oxygens (including phenoxy) is 2. The molecule has 1 atom stereocenters. The van der Waals surface area contributed by atoms with Gasteiger partial charge in [0.1, 0.15) is 5.60 Å². The van der Waals surface area contributed by atoms with Crippen LogP contribution in [-0.2, 0) is 19.1 Å². The normalized spacial score (nSPS) is 14.3. The maximum atomic E-state index is 11.8. The fourth-order valence-electron chi connectivity index (χ4n) is 1.14. The summed E-state index contributed by atoms with van der Waals surface area (Å²) in [5.41, 5.74) is -3.00. The van der Waals surface area contributed by atoms with Crippen LogP contribution in [0.3, 0.4) is 0 Å².